The van der Waals surface area contributed by atoms with Gasteiger partial charge in [0.1, 0.15) is 11.6 Å². The van der Waals surface area contributed by atoms with Gasteiger partial charge in [0.2, 0.25) is 11.9 Å². The van der Waals surface area contributed by atoms with Crippen molar-refractivity contribution in [2.24, 2.45) is 10.8 Å². The highest BCUT2D eigenvalue weighted by atomic mass is 19.1. The number of carboxylic acid groups (broad SMARTS) is 1. The van der Waals surface area contributed by atoms with Gasteiger partial charge in [-0.1, -0.05) is 71.4 Å². The Morgan fingerprint density at radius 2 is 1.55 bits per heavy atom. The van der Waals surface area contributed by atoms with E-state index in [-0.39, 0.29) is 33.8 Å². The second-order valence-electron chi connectivity index (χ2n) is 11.5. The van der Waals surface area contributed by atoms with Gasteiger partial charge in [-0.05, 0) is 59.2 Å². The summed E-state index contributed by atoms with van der Waals surface area (Å²) in [7, 11) is 0. The maximum absolute atomic E-state index is 14.6. The van der Waals surface area contributed by atoms with Crippen LogP contribution < -0.4 is 4.90 Å². The first-order valence-electron chi connectivity index (χ1n) is 12.5. The molecule has 0 bridgehead atoms. The molecule has 0 radical (unpaired) electrons. The molecule has 0 amide bonds. The number of hydrogen-bond acceptors (Lipinski definition) is 5. The summed E-state index contributed by atoms with van der Waals surface area (Å²) in [6.07, 6.45) is 5.07. The van der Waals surface area contributed by atoms with E-state index >= 15 is 0 Å². The van der Waals surface area contributed by atoms with Crippen LogP contribution >= 0.6 is 0 Å². The summed E-state index contributed by atoms with van der Waals surface area (Å²) in [5, 5.41) is 9.62. The number of halogens is 2. The lowest BCUT2D eigenvalue weighted by Crippen LogP contribution is -2.36. The zero-order valence-electron chi connectivity index (χ0n) is 22.5. The average Bonchev–Trinajstić information content (AvgIpc) is 2.83. The smallest absolute Gasteiger partial charge is 0.354 e. The summed E-state index contributed by atoms with van der Waals surface area (Å²) >= 11 is 0. The van der Waals surface area contributed by atoms with Gasteiger partial charge in [-0.3, -0.25) is 0 Å². The maximum atomic E-state index is 14.6. The minimum atomic E-state index is -1.14. The standard InChI is InChI=1S/C30H32F2N4O2/c1-29(2,3)18-15-19(30(4,5)6)17-20(16-18)36(26-12-8-10-23(34-26)28(37)38)25-11-7-9-22(33-25)21-13-14-24(31)35-27(21)32/h7-16,20H,17H2,1-6H3,(H,37,38). The van der Waals surface area contributed by atoms with Crippen LogP contribution in [0.2, 0.25) is 0 Å². The third-order valence-corrected chi connectivity index (χ3v) is 6.56. The number of carbonyl (C=O) groups is 1. The average molecular weight is 519 g/mol. The van der Waals surface area contributed by atoms with Crippen molar-refractivity contribution >= 4 is 17.6 Å². The number of nitrogens with zero attached hydrogens (tertiary/aromatic N) is 4. The third kappa shape index (κ3) is 5.79. The second-order valence-corrected chi connectivity index (χ2v) is 11.5. The summed E-state index contributed by atoms with van der Waals surface area (Å²) in [6, 6.07) is 12.1. The first kappa shape index (κ1) is 27.1. The summed E-state index contributed by atoms with van der Waals surface area (Å²) < 4.78 is 28.0. The van der Waals surface area contributed by atoms with E-state index in [1.165, 1.54) is 17.7 Å². The minimum absolute atomic E-state index is 0.0605. The first-order chi connectivity index (χ1) is 17.7. The van der Waals surface area contributed by atoms with Crippen LogP contribution in [0.25, 0.3) is 11.3 Å². The van der Waals surface area contributed by atoms with Gasteiger partial charge >= 0.3 is 5.97 Å². The fourth-order valence-electron chi connectivity index (χ4n) is 4.39. The number of allylic oxidation sites excluding steroid dienone is 2. The van der Waals surface area contributed by atoms with Gasteiger partial charge in [0.25, 0.3) is 0 Å². The van der Waals surface area contributed by atoms with Gasteiger partial charge in [0, 0.05) is 0 Å². The van der Waals surface area contributed by atoms with Crippen molar-refractivity contribution in [1.82, 2.24) is 15.0 Å². The maximum Gasteiger partial charge on any atom is 0.354 e. The van der Waals surface area contributed by atoms with Gasteiger partial charge in [0.15, 0.2) is 5.69 Å². The van der Waals surface area contributed by atoms with Crippen molar-refractivity contribution in [3.8, 4) is 11.3 Å². The fourth-order valence-corrected chi connectivity index (χ4v) is 4.39. The van der Waals surface area contributed by atoms with Crippen LogP contribution in [0.15, 0.2) is 71.8 Å². The molecule has 1 aliphatic carbocycles. The fraction of sp³-hybridized carbons (Fsp3) is 0.333. The molecule has 0 saturated carbocycles. The SMILES string of the molecule is CC(C)(C)C1=CC(N(c2cccc(C(=O)O)n2)c2cccc(-c3ccc(F)nc3F)n2)CC(C(C)(C)C)=C1. The number of rotatable bonds is 5. The summed E-state index contributed by atoms with van der Waals surface area (Å²) in [6.45, 7) is 12.9. The predicted octanol–water partition coefficient (Wildman–Crippen LogP) is 7.37. The molecule has 3 heterocycles. The van der Waals surface area contributed by atoms with Crippen LogP contribution in [0, 0.1) is 22.7 Å². The van der Waals surface area contributed by atoms with E-state index in [4.69, 9.17) is 4.98 Å². The van der Waals surface area contributed by atoms with E-state index in [0.717, 1.165) is 11.6 Å². The van der Waals surface area contributed by atoms with Gasteiger partial charge in [-0.25, -0.2) is 14.8 Å². The zero-order chi connectivity index (χ0) is 27.8. The zero-order valence-corrected chi connectivity index (χ0v) is 22.5. The molecule has 4 rings (SSSR count). The Bertz CT molecular complexity index is 1430. The number of aromatic carboxylic acids is 1. The molecule has 0 fully saturated rings. The van der Waals surface area contributed by atoms with Crippen molar-refractivity contribution in [1.29, 1.82) is 0 Å². The molecule has 1 atom stereocenters. The molecule has 1 unspecified atom stereocenters. The molecule has 6 nitrogen and oxygen atoms in total. The minimum Gasteiger partial charge on any atom is -0.477 e. The first-order valence-corrected chi connectivity index (χ1v) is 12.5. The molecule has 1 aliphatic rings. The van der Waals surface area contributed by atoms with Gasteiger partial charge in [0.05, 0.1) is 17.3 Å². The largest absolute Gasteiger partial charge is 0.477 e. The van der Waals surface area contributed by atoms with Crippen molar-refractivity contribution in [2.45, 2.75) is 54.0 Å². The Morgan fingerprint density at radius 3 is 2.16 bits per heavy atom. The van der Waals surface area contributed by atoms with Gasteiger partial charge < -0.3 is 10.0 Å². The molecule has 3 aromatic heterocycles. The van der Waals surface area contributed by atoms with Crippen LogP contribution in [-0.4, -0.2) is 32.1 Å². The van der Waals surface area contributed by atoms with E-state index in [0.29, 0.717) is 18.1 Å². The van der Waals surface area contributed by atoms with E-state index in [1.54, 1.807) is 30.3 Å². The van der Waals surface area contributed by atoms with E-state index in [9.17, 15) is 18.7 Å². The van der Waals surface area contributed by atoms with E-state index in [1.807, 2.05) is 4.90 Å². The van der Waals surface area contributed by atoms with Crippen molar-refractivity contribution < 1.29 is 18.7 Å². The molecule has 38 heavy (non-hydrogen) atoms. The Hall–Kier alpha value is -3.94. The Labute approximate surface area is 221 Å². The molecule has 8 heteroatoms. The number of pyridine rings is 3. The van der Waals surface area contributed by atoms with Crippen LogP contribution in [0.3, 0.4) is 0 Å². The second kappa shape index (κ2) is 10.1. The quantitative estimate of drug-likeness (QED) is 0.355. The number of anilines is 2. The lowest BCUT2D eigenvalue weighted by molar-refractivity contribution is 0.0690. The molecule has 0 saturated heterocycles. The monoisotopic (exact) mass is 518 g/mol. The highest BCUT2D eigenvalue weighted by molar-refractivity contribution is 5.86. The van der Waals surface area contributed by atoms with Crippen LogP contribution in [-0.2, 0) is 0 Å². The predicted molar refractivity (Wildman–Crippen MR) is 144 cm³/mol. The molecule has 0 aromatic carbocycles. The molecular weight excluding hydrogens is 486 g/mol. The molecule has 198 valence electrons. The Morgan fingerprint density at radius 1 is 0.895 bits per heavy atom. The molecule has 0 aliphatic heterocycles. The normalized spacial score (nSPS) is 16.1. The lowest BCUT2D eigenvalue weighted by atomic mass is 9.74. The van der Waals surface area contributed by atoms with Crippen LogP contribution in [0.4, 0.5) is 20.4 Å². The Kier molecular flexibility index (Phi) is 7.19. The number of carboxylic acids is 1. The van der Waals surface area contributed by atoms with E-state index < -0.39 is 17.9 Å². The molecular formula is C30H32F2N4O2. The molecule has 0 spiro atoms. The van der Waals surface area contributed by atoms with Crippen LogP contribution in [0.1, 0.15) is 58.5 Å². The topological polar surface area (TPSA) is 79.2 Å². The summed E-state index contributed by atoms with van der Waals surface area (Å²) in [5.41, 5.74) is 2.36. The van der Waals surface area contributed by atoms with Gasteiger partial charge in [-0.15, -0.1) is 0 Å². The number of hydrogen-bond donors (Lipinski definition) is 1. The third-order valence-electron chi connectivity index (χ3n) is 6.56. The Balaban J connectivity index is 1.91. The highest BCUT2D eigenvalue weighted by Crippen LogP contribution is 2.42. The summed E-state index contributed by atoms with van der Waals surface area (Å²) in [5.74, 6) is -2.17. The van der Waals surface area contributed by atoms with Crippen molar-refractivity contribution in [2.75, 3.05) is 4.90 Å². The molecule has 1 N–H and O–H groups in total. The van der Waals surface area contributed by atoms with Crippen molar-refractivity contribution in [3.63, 3.8) is 0 Å². The van der Waals surface area contributed by atoms with E-state index in [2.05, 4.69) is 63.7 Å². The summed E-state index contributed by atoms with van der Waals surface area (Å²) in [4.78, 5) is 26.1. The van der Waals surface area contributed by atoms with Gasteiger partial charge in [-0.2, -0.15) is 13.8 Å². The number of aromatic nitrogens is 3. The lowest BCUT2D eigenvalue weighted by Gasteiger charge is -2.39. The highest BCUT2D eigenvalue weighted by Gasteiger charge is 2.32. The molecule has 3 aromatic rings. The van der Waals surface area contributed by atoms with Crippen LogP contribution in [0.5, 0.6) is 0 Å². The van der Waals surface area contributed by atoms with Crippen molar-refractivity contribution in [3.05, 3.63) is 89.4 Å².